The molecule has 1 fully saturated rings. The van der Waals surface area contributed by atoms with Gasteiger partial charge in [-0.2, -0.15) is 0 Å². The quantitative estimate of drug-likeness (QED) is 0.618. The standard InChI is InChI=1S/C9H16O3/c1-6-3-7(2)5-8(4-6)12-9(10)11/h6-8H,3-5H2,1-2H3,(H,10,11)/t6-,7+,8?. The van der Waals surface area contributed by atoms with Crippen molar-refractivity contribution in [3.63, 3.8) is 0 Å². The second-order valence-corrected chi connectivity index (χ2v) is 3.92. The number of carbonyl (C=O) groups is 1. The Balaban J connectivity index is 2.38. The minimum Gasteiger partial charge on any atom is -0.450 e. The number of ether oxygens (including phenoxy) is 1. The molecular weight excluding hydrogens is 156 g/mol. The first kappa shape index (κ1) is 9.36. The van der Waals surface area contributed by atoms with Gasteiger partial charge in [0.2, 0.25) is 0 Å². The van der Waals surface area contributed by atoms with Crippen molar-refractivity contribution in [2.45, 2.75) is 39.2 Å². The van der Waals surface area contributed by atoms with Crippen molar-refractivity contribution in [2.75, 3.05) is 0 Å². The van der Waals surface area contributed by atoms with Crippen LogP contribution in [0.4, 0.5) is 4.79 Å². The molecule has 0 radical (unpaired) electrons. The van der Waals surface area contributed by atoms with Gasteiger partial charge in [0.05, 0.1) is 0 Å². The molecule has 0 aromatic rings. The van der Waals surface area contributed by atoms with E-state index in [-0.39, 0.29) is 6.10 Å². The van der Waals surface area contributed by atoms with Crippen molar-refractivity contribution in [1.29, 1.82) is 0 Å². The Hall–Kier alpha value is -0.730. The molecule has 3 nitrogen and oxygen atoms in total. The zero-order valence-electron chi connectivity index (χ0n) is 7.62. The molecule has 0 aliphatic heterocycles. The summed E-state index contributed by atoms with van der Waals surface area (Å²) in [6.45, 7) is 4.29. The summed E-state index contributed by atoms with van der Waals surface area (Å²) in [6.07, 6.45) is 1.76. The minimum absolute atomic E-state index is 0.0683. The fourth-order valence-electron chi connectivity index (χ4n) is 2.11. The Morgan fingerprint density at radius 3 is 2.17 bits per heavy atom. The molecule has 1 unspecified atom stereocenters. The molecule has 12 heavy (non-hydrogen) atoms. The van der Waals surface area contributed by atoms with Gasteiger partial charge in [0.15, 0.2) is 0 Å². The van der Waals surface area contributed by atoms with Crippen LogP contribution in [0.2, 0.25) is 0 Å². The lowest BCUT2D eigenvalue weighted by Crippen LogP contribution is -2.27. The molecule has 0 amide bonds. The Morgan fingerprint density at radius 2 is 1.75 bits per heavy atom. The predicted octanol–water partition coefficient (Wildman–Crippen LogP) is 2.51. The normalized spacial score (nSPS) is 36.0. The fourth-order valence-corrected chi connectivity index (χ4v) is 2.11. The molecule has 0 bridgehead atoms. The zero-order valence-corrected chi connectivity index (χ0v) is 7.62. The van der Waals surface area contributed by atoms with Crippen LogP contribution in [0.1, 0.15) is 33.1 Å². The van der Waals surface area contributed by atoms with Gasteiger partial charge in [0.1, 0.15) is 6.10 Å². The summed E-state index contributed by atoms with van der Waals surface area (Å²) in [6, 6.07) is 0. The molecule has 1 rings (SSSR count). The topological polar surface area (TPSA) is 46.5 Å². The lowest BCUT2D eigenvalue weighted by Gasteiger charge is -2.30. The van der Waals surface area contributed by atoms with Crippen LogP contribution in [0.15, 0.2) is 0 Å². The van der Waals surface area contributed by atoms with Gasteiger partial charge in [-0.1, -0.05) is 13.8 Å². The average Bonchev–Trinajstić information content (AvgIpc) is 1.81. The van der Waals surface area contributed by atoms with Crippen molar-refractivity contribution in [1.82, 2.24) is 0 Å². The Bertz CT molecular complexity index is 157. The van der Waals surface area contributed by atoms with E-state index in [0.29, 0.717) is 11.8 Å². The highest BCUT2D eigenvalue weighted by Crippen LogP contribution is 2.30. The average molecular weight is 172 g/mol. The highest BCUT2D eigenvalue weighted by atomic mass is 16.7. The molecule has 0 aromatic carbocycles. The van der Waals surface area contributed by atoms with E-state index < -0.39 is 6.16 Å². The number of hydrogen-bond donors (Lipinski definition) is 1. The van der Waals surface area contributed by atoms with Crippen LogP contribution in [0, 0.1) is 11.8 Å². The van der Waals surface area contributed by atoms with Gasteiger partial charge in [0.25, 0.3) is 0 Å². The first-order chi connectivity index (χ1) is 5.58. The van der Waals surface area contributed by atoms with Crippen LogP contribution in [0.25, 0.3) is 0 Å². The van der Waals surface area contributed by atoms with Gasteiger partial charge in [-0.25, -0.2) is 4.79 Å². The predicted molar refractivity (Wildman–Crippen MR) is 45.1 cm³/mol. The van der Waals surface area contributed by atoms with Crippen LogP contribution in [0.3, 0.4) is 0 Å². The third-order valence-corrected chi connectivity index (χ3v) is 2.40. The van der Waals surface area contributed by atoms with Gasteiger partial charge in [-0.05, 0) is 31.1 Å². The van der Waals surface area contributed by atoms with Gasteiger partial charge in [-0.15, -0.1) is 0 Å². The summed E-state index contributed by atoms with van der Waals surface area (Å²) < 4.78 is 4.75. The van der Waals surface area contributed by atoms with Crippen LogP contribution in [-0.4, -0.2) is 17.4 Å². The molecule has 0 aromatic heterocycles. The lowest BCUT2D eigenvalue weighted by atomic mass is 9.82. The Morgan fingerprint density at radius 1 is 1.25 bits per heavy atom. The largest absolute Gasteiger partial charge is 0.506 e. The summed E-state index contributed by atoms with van der Waals surface area (Å²) in [5, 5.41) is 8.42. The van der Waals surface area contributed by atoms with E-state index in [1.807, 2.05) is 0 Å². The van der Waals surface area contributed by atoms with Crippen molar-refractivity contribution >= 4 is 6.16 Å². The van der Waals surface area contributed by atoms with Crippen molar-refractivity contribution in [3.05, 3.63) is 0 Å². The van der Waals surface area contributed by atoms with Crippen LogP contribution in [0.5, 0.6) is 0 Å². The number of rotatable bonds is 1. The maximum absolute atomic E-state index is 10.3. The van der Waals surface area contributed by atoms with E-state index in [1.165, 1.54) is 6.42 Å². The second-order valence-electron chi connectivity index (χ2n) is 3.92. The molecule has 1 saturated carbocycles. The summed E-state index contributed by atoms with van der Waals surface area (Å²) in [5.41, 5.74) is 0. The van der Waals surface area contributed by atoms with E-state index in [0.717, 1.165) is 12.8 Å². The molecule has 0 heterocycles. The monoisotopic (exact) mass is 172 g/mol. The zero-order chi connectivity index (χ0) is 9.14. The Kier molecular flexibility index (Phi) is 2.95. The summed E-state index contributed by atoms with van der Waals surface area (Å²) in [7, 11) is 0. The lowest BCUT2D eigenvalue weighted by molar-refractivity contribution is 0.0155. The molecule has 1 aliphatic carbocycles. The number of carboxylic acid groups (broad SMARTS) is 1. The molecule has 70 valence electrons. The van der Waals surface area contributed by atoms with E-state index in [1.54, 1.807) is 0 Å². The van der Waals surface area contributed by atoms with E-state index in [4.69, 9.17) is 9.84 Å². The maximum Gasteiger partial charge on any atom is 0.506 e. The van der Waals surface area contributed by atoms with Crippen LogP contribution in [-0.2, 0) is 4.74 Å². The molecule has 0 spiro atoms. The first-order valence-corrected chi connectivity index (χ1v) is 4.47. The minimum atomic E-state index is -1.14. The first-order valence-electron chi connectivity index (χ1n) is 4.47. The summed E-state index contributed by atoms with van der Waals surface area (Å²) in [4.78, 5) is 10.3. The van der Waals surface area contributed by atoms with E-state index >= 15 is 0 Å². The maximum atomic E-state index is 10.3. The van der Waals surface area contributed by atoms with Gasteiger partial charge in [-0.3, -0.25) is 0 Å². The van der Waals surface area contributed by atoms with Crippen molar-refractivity contribution in [3.8, 4) is 0 Å². The van der Waals surface area contributed by atoms with Gasteiger partial charge < -0.3 is 9.84 Å². The van der Waals surface area contributed by atoms with E-state index in [9.17, 15) is 4.79 Å². The fraction of sp³-hybridized carbons (Fsp3) is 0.889. The number of hydrogen-bond acceptors (Lipinski definition) is 2. The third kappa shape index (κ3) is 2.72. The molecule has 3 heteroatoms. The molecule has 3 atom stereocenters. The molecular formula is C9H16O3. The SMILES string of the molecule is C[C@@H]1CC(OC(=O)O)C[C@H](C)C1. The van der Waals surface area contributed by atoms with Crippen LogP contribution < -0.4 is 0 Å². The van der Waals surface area contributed by atoms with Crippen LogP contribution >= 0.6 is 0 Å². The van der Waals surface area contributed by atoms with Gasteiger partial charge in [0, 0.05) is 0 Å². The molecule has 1 N–H and O–H groups in total. The highest BCUT2D eigenvalue weighted by Gasteiger charge is 2.26. The van der Waals surface area contributed by atoms with Crippen molar-refractivity contribution in [2.24, 2.45) is 11.8 Å². The van der Waals surface area contributed by atoms with Crippen molar-refractivity contribution < 1.29 is 14.6 Å². The van der Waals surface area contributed by atoms with E-state index in [2.05, 4.69) is 13.8 Å². The second kappa shape index (κ2) is 3.78. The van der Waals surface area contributed by atoms with Gasteiger partial charge >= 0.3 is 6.16 Å². The third-order valence-electron chi connectivity index (χ3n) is 2.40. The highest BCUT2D eigenvalue weighted by molar-refractivity contribution is 5.57. The molecule has 0 saturated heterocycles. The Labute approximate surface area is 72.7 Å². The summed E-state index contributed by atoms with van der Waals surface area (Å²) in [5.74, 6) is 1.19. The molecule has 1 aliphatic rings. The summed E-state index contributed by atoms with van der Waals surface area (Å²) >= 11 is 0. The smallest absolute Gasteiger partial charge is 0.450 e.